The molecular formula is C16H16FNO3S. The number of hydrogen-bond donors (Lipinski definition) is 2. The molecule has 0 aliphatic carbocycles. The largest absolute Gasteiger partial charge is 0.493 e. The summed E-state index contributed by atoms with van der Waals surface area (Å²) < 4.78 is 41.1. The van der Waals surface area contributed by atoms with E-state index in [1.807, 2.05) is 24.3 Å². The van der Waals surface area contributed by atoms with Crippen molar-refractivity contribution in [2.75, 3.05) is 11.9 Å². The summed E-state index contributed by atoms with van der Waals surface area (Å²) in [6.45, 7) is 0.565. The summed E-state index contributed by atoms with van der Waals surface area (Å²) >= 11 is 0. The molecule has 116 valence electrons. The van der Waals surface area contributed by atoms with Crippen LogP contribution in [0.4, 0.5) is 10.1 Å². The van der Waals surface area contributed by atoms with Gasteiger partial charge in [-0.05, 0) is 23.8 Å². The summed E-state index contributed by atoms with van der Waals surface area (Å²) in [5.41, 5.74) is 2.08. The SMILES string of the molecule is O=[SH](=O)Cc1ccc(F)cc1NC1CCOc2ccccc21. The zero-order valence-electron chi connectivity index (χ0n) is 11.8. The molecule has 0 amide bonds. The normalized spacial score (nSPS) is 16.9. The molecule has 1 atom stereocenters. The molecule has 6 heteroatoms. The number of hydrogen-bond acceptors (Lipinski definition) is 4. The van der Waals surface area contributed by atoms with E-state index in [2.05, 4.69) is 5.32 Å². The number of thiol groups is 1. The van der Waals surface area contributed by atoms with Crippen molar-refractivity contribution < 1.29 is 17.5 Å². The van der Waals surface area contributed by atoms with E-state index >= 15 is 0 Å². The van der Waals surface area contributed by atoms with Gasteiger partial charge in [-0.3, -0.25) is 0 Å². The molecule has 0 saturated heterocycles. The number of para-hydroxylation sites is 1. The highest BCUT2D eigenvalue weighted by atomic mass is 32.2. The minimum absolute atomic E-state index is 0.0324. The third-order valence-corrected chi connectivity index (χ3v) is 4.26. The number of rotatable bonds is 4. The fraction of sp³-hybridized carbons (Fsp3) is 0.250. The van der Waals surface area contributed by atoms with E-state index in [0.29, 0.717) is 17.9 Å². The van der Waals surface area contributed by atoms with Crippen molar-refractivity contribution in [1.29, 1.82) is 0 Å². The first-order valence-electron chi connectivity index (χ1n) is 7.02. The van der Waals surface area contributed by atoms with Gasteiger partial charge in [-0.2, -0.15) is 0 Å². The number of anilines is 1. The predicted molar refractivity (Wildman–Crippen MR) is 83.3 cm³/mol. The van der Waals surface area contributed by atoms with Crippen LogP contribution >= 0.6 is 0 Å². The molecule has 2 aromatic carbocycles. The molecule has 1 aliphatic rings. The Balaban J connectivity index is 1.92. The van der Waals surface area contributed by atoms with Gasteiger partial charge < -0.3 is 10.1 Å². The lowest BCUT2D eigenvalue weighted by Gasteiger charge is -2.28. The van der Waals surface area contributed by atoms with Crippen LogP contribution in [-0.4, -0.2) is 15.0 Å². The third kappa shape index (κ3) is 3.22. The van der Waals surface area contributed by atoms with E-state index in [0.717, 1.165) is 17.7 Å². The highest BCUT2D eigenvalue weighted by Crippen LogP contribution is 2.35. The first-order valence-corrected chi connectivity index (χ1v) is 8.38. The molecule has 2 aromatic rings. The van der Waals surface area contributed by atoms with Crippen molar-refractivity contribution in [3.63, 3.8) is 0 Å². The molecule has 1 unspecified atom stereocenters. The average molecular weight is 321 g/mol. The minimum atomic E-state index is -2.57. The van der Waals surface area contributed by atoms with Crippen LogP contribution in [0.1, 0.15) is 23.6 Å². The molecule has 0 aromatic heterocycles. The summed E-state index contributed by atoms with van der Waals surface area (Å²) in [6.07, 6.45) is 0.733. The van der Waals surface area contributed by atoms with E-state index < -0.39 is 16.5 Å². The van der Waals surface area contributed by atoms with Crippen molar-refractivity contribution in [3.05, 3.63) is 59.4 Å². The highest BCUT2D eigenvalue weighted by molar-refractivity contribution is 7.71. The summed E-state index contributed by atoms with van der Waals surface area (Å²) in [4.78, 5) is 0. The van der Waals surface area contributed by atoms with Gasteiger partial charge in [0.25, 0.3) is 0 Å². The lowest BCUT2D eigenvalue weighted by molar-refractivity contribution is 0.274. The van der Waals surface area contributed by atoms with Crippen molar-refractivity contribution in [1.82, 2.24) is 0 Å². The smallest absolute Gasteiger partial charge is 0.144 e. The van der Waals surface area contributed by atoms with Gasteiger partial charge >= 0.3 is 0 Å². The molecule has 0 bridgehead atoms. The Kier molecular flexibility index (Phi) is 4.29. The van der Waals surface area contributed by atoms with Gasteiger partial charge in [0.15, 0.2) is 0 Å². The Morgan fingerprint density at radius 3 is 2.86 bits per heavy atom. The lowest BCUT2D eigenvalue weighted by atomic mass is 10.00. The topological polar surface area (TPSA) is 55.4 Å². The molecule has 0 radical (unpaired) electrons. The van der Waals surface area contributed by atoms with Gasteiger partial charge in [0.2, 0.25) is 0 Å². The quantitative estimate of drug-likeness (QED) is 0.850. The van der Waals surface area contributed by atoms with Gasteiger partial charge in [0, 0.05) is 17.7 Å². The van der Waals surface area contributed by atoms with Gasteiger partial charge in [-0.1, -0.05) is 24.3 Å². The van der Waals surface area contributed by atoms with Gasteiger partial charge in [0.05, 0.1) is 18.4 Å². The predicted octanol–water partition coefficient (Wildman–Crippen LogP) is 2.87. The number of fused-ring (bicyclic) bond motifs is 1. The van der Waals surface area contributed by atoms with E-state index in [1.165, 1.54) is 18.2 Å². The fourth-order valence-corrected chi connectivity index (χ4v) is 3.19. The number of halogens is 1. The van der Waals surface area contributed by atoms with Crippen LogP contribution < -0.4 is 10.1 Å². The minimum Gasteiger partial charge on any atom is -0.493 e. The fourth-order valence-electron chi connectivity index (χ4n) is 2.64. The monoisotopic (exact) mass is 321 g/mol. The third-order valence-electron chi connectivity index (χ3n) is 3.66. The molecule has 1 heterocycles. The van der Waals surface area contributed by atoms with Crippen LogP contribution in [0.3, 0.4) is 0 Å². The van der Waals surface area contributed by atoms with Crippen LogP contribution in [0, 0.1) is 5.82 Å². The average Bonchev–Trinajstić information content (AvgIpc) is 2.50. The van der Waals surface area contributed by atoms with Crippen LogP contribution in [-0.2, 0) is 16.5 Å². The van der Waals surface area contributed by atoms with E-state index in [9.17, 15) is 12.8 Å². The second-order valence-corrected chi connectivity index (χ2v) is 6.15. The number of ether oxygens (including phenoxy) is 1. The number of nitrogens with one attached hydrogen (secondary N) is 1. The van der Waals surface area contributed by atoms with Gasteiger partial charge in [-0.25, -0.2) is 12.8 Å². The zero-order valence-corrected chi connectivity index (χ0v) is 12.7. The summed E-state index contributed by atoms with van der Waals surface area (Å²) in [6, 6.07) is 11.8. The molecule has 1 aliphatic heterocycles. The van der Waals surface area contributed by atoms with Crippen molar-refractivity contribution in [2.24, 2.45) is 0 Å². The van der Waals surface area contributed by atoms with Crippen LogP contribution in [0.2, 0.25) is 0 Å². The maximum atomic E-state index is 13.5. The Labute approximate surface area is 129 Å². The Morgan fingerprint density at radius 1 is 1.23 bits per heavy atom. The maximum Gasteiger partial charge on any atom is 0.144 e. The highest BCUT2D eigenvalue weighted by Gasteiger charge is 2.21. The van der Waals surface area contributed by atoms with Crippen molar-refractivity contribution in [3.8, 4) is 5.75 Å². The second-order valence-electron chi connectivity index (χ2n) is 5.16. The van der Waals surface area contributed by atoms with Gasteiger partial charge in [-0.15, -0.1) is 0 Å². The van der Waals surface area contributed by atoms with Gasteiger partial charge in [0.1, 0.15) is 22.3 Å². The molecule has 4 nitrogen and oxygen atoms in total. The molecule has 0 saturated carbocycles. The Hall–Kier alpha value is -2.08. The maximum absolute atomic E-state index is 13.5. The summed E-state index contributed by atoms with van der Waals surface area (Å²) in [5.74, 6) is 0.301. The molecular weight excluding hydrogens is 305 g/mol. The zero-order chi connectivity index (χ0) is 15.5. The molecule has 1 N–H and O–H groups in total. The molecule has 0 spiro atoms. The van der Waals surface area contributed by atoms with Crippen LogP contribution in [0.5, 0.6) is 5.75 Å². The number of benzene rings is 2. The van der Waals surface area contributed by atoms with Crippen molar-refractivity contribution in [2.45, 2.75) is 18.2 Å². The van der Waals surface area contributed by atoms with Crippen LogP contribution in [0.25, 0.3) is 0 Å². The summed E-state index contributed by atoms with van der Waals surface area (Å²) in [7, 11) is -2.57. The summed E-state index contributed by atoms with van der Waals surface area (Å²) in [5, 5.41) is 3.26. The lowest BCUT2D eigenvalue weighted by Crippen LogP contribution is -2.21. The molecule has 22 heavy (non-hydrogen) atoms. The van der Waals surface area contributed by atoms with Crippen LogP contribution in [0.15, 0.2) is 42.5 Å². The molecule has 0 fully saturated rings. The second kappa shape index (κ2) is 6.36. The van der Waals surface area contributed by atoms with E-state index in [1.54, 1.807) is 0 Å². The first-order chi connectivity index (χ1) is 10.6. The van der Waals surface area contributed by atoms with E-state index in [-0.39, 0.29) is 11.8 Å². The van der Waals surface area contributed by atoms with Crippen molar-refractivity contribution >= 4 is 16.4 Å². The molecule has 3 rings (SSSR count). The Bertz CT molecular complexity index is 753. The standard InChI is InChI=1S/C16H16FNO3S/c17-12-6-5-11(10-22(19)20)15(9-12)18-14-7-8-21-16-4-2-1-3-13(14)16/h1-6,9,14,18,22H,7-8,10H2. The van der Waals surface area contributed by atoms with E-state index in [4.69, 9.17) is 4.74 Å². The first kappa shape index (κ1) is 14.8. The Morgan fingerprint density at radius 2 is 2.05 bits per heavy atom.